The van der Waals surface area contributed by atoms with Crippen LogP contribution in [-0.2, 0) is 0 Å². The molecule has 0 radical (unpaired) electrons. The quantitative estimate of drug-likeness (QED) is 0.677. The lowest BCUT2D eigenvalue weighted by Gasteiger charge is -2.21. The molecule has 150 valence electrons. The van der Waals surface area contributed by atoms with Crippen molar-refractivity contribution >= 4 is 10.8 Å². The van der Waals surface area contributed by atoms with E-state index < -0.39 is 6.10 Å². The maximum absolute atomic E-state index is 11.4. The van der Waals surface area contributed by atoms with Crippen LogP contribution in [0, 0.1) is 5.41 Å². The van der Waals surface area contributed by atoms with Gasteiger partial charge in [-0.05, 0) is 65.9 Å². The number of nitrogens with zero attached hydrogens (tertiary/aromatic N) is 1. The Labute approximate surface area is 169 Å². The van der Waals surface area contributed by atoms with Crippen LogP contribution in [0.5, 0.6) is 5.75 Å². The first-order valence-corrected chi connectivity index (χ1v) is 10.4. The molecule has 5 nitrogen and oxygen atoms in total. The summed E-state index contributed by atoms with van der Waals surface area (Å²) in [6.45, 7) is 3.18. The molecule has 3 aromatic rings. The van der Waals surface area contributed by atoms with Crippen LogP contribution in [0.2, 0.25) is 0 Å². The summed E-state index contributed by atoms with van der Waals surface area (Å²) in [6.07, 6.45) is 5.21. The lowest BCUT2D eigenvalue weighted by Crippen LogP contribution is -2.34. The first-order chi connectivity index (χ1) is 14.1. The summed E-state index contributed by atoms with van der Waals surface area (Å²) >= 11 is 0. The van der Waals surface area contributed by atoms with Crippen LogP contribution in [0.15, 0.2) is 59.5 Å². The summed E-state index contributed by atoms with van der Waals surface area (Å²) in [5, 5.41) is 12.6. The zero-order chi connectivity index (χ0) is 19.8. The smallest absolute Gasteiger partial charge is 0.247 e. The van der Waals surface area contributed by atoms with Gasteiger partial charge in [-0.3, -0.25) is 4.79 Å². The molecule has 2 aliphatic rings. The maximum Gasteiger partial charge on any atom is 0.247 e. The second kappa shape index (κ2) is 7.32. The van der Waals surface area contributed by atoms with Crippen LogP contribution in [0.1, 0.15) is 19.3 Å². The summed E-state index contributed by atoms with van der Waals surface area (Å²) in [5.41, 5.74) is 2.46. The third-order valence-electron chi connectivity index (χ3n) is 6.35. The van der Waals surface area contributed by atoms with Crippen LogP contribution in [0.25, 0.3) is 21.9 Å². The van der Waals surface area contributed by atoms with Crippen molar-refractivity contribution in [3.8, 4) is 16.9 Å². The van der Waals surface area contributed by atoms with E-state index in [-0.39, 0.29) is 12.2 Å². The highest BCUT2D eigenvalue weighted by Crippen LogP contribution is 2.52. The lowest BCUT2D eigenvalue weighted by atomic mass is 9.99. The normalized spacial score (nSPS) is 18.9. The number of rotatable bonds is 6. The van der Waals surface area contributed by atoms with Crippen LogP contribution in [0.4, 0.5) is 0 Å². The summed E-state index contributed by atoms with van der Waals surface area (Å²) < 4.78 is 6.03. The fourth-order valence-electron chi connectivity index (χ4n) is 4.53. The molecule has 29 heavy (non-hydrogen) atoms. The van der Waals surface area contributed by atoms with E-state index in [1.165, 1.54) is 25.3 Å². The van der Waals surface area contributed by atoms with Crippen LogP contribution < -0.4 is 10.3 Å². The van der Waals surface area contributed by atoms with Crippen molar-refractivity contribution in [2.45, 2.75) is 25.4 Å². The highest BCUT2D eigenvalue weighted by molar-refractivity contribution is 5.99. The molecule has 1 aliphatic heterocycles. The van der Waals surface area contributed by atoms with Crippen molar-refractivity contribution in [1.82, 2.24) is 9.88 Å². The fraction of sp³-hybridized carbons (Fsp3) is 0.375. The molecule has 1 unspecified atom stereocenters. The van der Waals surface area contributed by atoms with Crippen molar-refractivity contribution in [3.05, 3.63) is 65.1 Å². The fourth-order valence-corrected chi connectivity index (χ4v) is 4.53. The van der Waals surface area contributed by atoms with E-state index in [4.69, 9.17) is 4.74 Å². The van der Waals surface area contributed by atoms with Gasteiger partial charge in [-0.2, -0.15) is 0 Å². The number of likely N-dealkylation sites (tertiary alicyclic amines) is 1. The SMILES string of the molecule is O=c1ccc(-c2ccc(OCC(O)CN3CCC4(CC4)C3)c3ccccc23)c[nH]1. The van der Waals surface area contributed by atoms with E-state index in [0.29, 0.717) is 12.0 Å². The van der Waals surface area contributed by atoms with Gasteiger partial charge in [-0.25, -0.2) is 0 Å². The zero-order valence-corrected chi connectivity index (χ0v) is 16.4. The van der Waals surface area contributed by atoms with Gasteiger partial charge in [0.25, 0.3) is 0 Å². The Morgan fingerprint density at radius 1 is 1.07 bits per heavy atom. The third kappa shape index (κ3) is 3.80. The number of hydrogen-bond acceptors (Lipinski definition) is 4. The molecule has 1 aliphatic carbocycles. The third-order valence-corrected chi connectivity index (χ3v) is 6.35. The number of ether oxygens (including phenoxy) is 1. The van der Waals surface area contributed by atoms with Crippen molar-refractivity contribution in [3.63, 3.8) is 0 Å². The number of aromatic amines is 1. The minimum absolute atomic E-state index is 0.113. The molecular formula is C24H26N2O3. The van der Waals surface area contributed by atoms with E-state index in [0.717, 1.165) is 40.7 Å². The van der Waals surface area contributed by atoms with Gasteiger partial charge in [0.1, 0.15) is 18.5 Å². The number of fused-ring (bicyclic) bond motifs is 1. The molecule has 5 rings (SSSR count). The predicted octanol–water partition coefficient (Wildman–Crippen LogP) is 3.42. The van der Waals surface area contributed by atoms with Crippen molar-refractivity contribution in [1.29, 1.82) is 0 Å². The minimum Gasteiger partial charge on any atom is -0.490 e. The first kappa shape index (κ1) is 18.4. The van der Waals surface area contributed by atoms with Crippen LogP contribution in [-0.4, -0.2) is 47.3 Å². The van der Waals surface area contributed by atoms with E-state index >= 15 is 0 Å². The summed E-state index contributed by atoms with van der Waals surface area (Å²) in [4.78, 5) is 16.5. The molecule has 1 atom stereocenters. The van der Waals surface area contributed by atoms with Gasteiger partial charge in [0.2, 0.25) is 5.56 Å². The van der Waals surface area contributed by atoms with Crippen molar-refractivity contribution in [2.75, 3.05) is 26.2 Å². The molecule has 1 saturated heterocycles. The molecule has 1 aromatic heterocycles. The molecule has 0 amide bonds. The molecule has 2 fully saturated rings. The standard InChI is InChI=1S/C24H26N2O3/c27-18(14-26-12-11-24(16-26)9-10-24)15-29-22-7-6-19(17-5-8-23(28)25-13-17)20-3-1-2-4-21(20)22/h1-8,13,18,27H,9-12,14-16H2,(H,25,28). The van der Waals surface area contributed by atoms with E-state index in [1.54, 1.807) is 6.20 Å². The molecule has 1 saturated carbocycles. The second-order valence-corrected chi connectivity index (χ2v) is 8.55. The highest BCUT2D eigenvalue weighted by atomic mass is 16.5. The number of pyridine rings is 1. The number of aromatic nitrogens is 1. The van der Waals surface area contributed by atoms with E-state index in [2.05, 4.69) is 16.0 Å². The molecule has 0 bridgehead atoms. The molecule has 2 N–H and O–H groups in total. The average Bonchev–Trinajstić information content (AvgIpc) is 3.38. The topological polar surface area (TPSA) is 65.6 Å². The number of aliphatic hydroxyl groups is 1. The van der Waals surface area contributed by atoms with Crippen LogP contribution in [0.3, 0.4) is 0 Å². The summed E-state index contributed by atoms with van der Waals surface area (Å²) in [7, 11) is 0. The molecule has 2 heterocycles. The molecule has 2 aromatic carbocycles. The van der Waals surface area contributed by atoms with Gasteiger partial charge in [0.15, 0.2) is 0 Å². The number of nitrogens with one attached hydrogen (secondary N) is 1. The first-order valence-electron chi connectivity index (χ1n) is 10.4. The van der Waals surface area contributed by atoms with Gasteiger partial charge < -0.3 is 19.7 Å². The Morgan fingerprint density at radius 3 is 2.62 bits per heavy atom. The number of aliphatic hydroxyl groups excluding tert-OH is 1. The Morgan fingerprint density at radius 2 is 1.90 bits per heavy atom. The number of benzene rings is 2. The van der Waals surface area contributed by atoms with Gasteiger partial charge in [0, 0.05) is 30.7 Å². The Kier molecular flexibility index (Phi) is 4.64. The van der Waals surface area contributed by atoms with Crippen LogP contribution >= 0.6 is 0 Å². The molecule has 5 heteroatoms. The average molecular weight is 390 g/mol. The Bertz CT molecular complexity index is 1070. The number of β-amino-alcohol motifs (C(OH)–C–C–N with tert-alkyl or cyclic N) is 1. The number of H-pyrrole nitrogens is 1. The zero-order valence-electron chi connectivity index (χ0n) is 16.4. The number of hydrogen-bond donors (Lipinski definition) is 2. The van der Waals surface area contributed by atoms with E-state index in [9.17, 15) is 9.90 Å². The lowest BCUT2D eigenvalue weighted by molar-refractivity contribution is 0.0749. The van der Waals surface area contributed by atoms with Gasteiger partial charge >= 0.3 is 0 Å². The van der Waals surface area contributed by atoms with Crippen molar-refractivity contribution < 1.29 is 9.84 Å². The van der Waals surface area contributed by atoms with Gasteiger partial charge in [-0.1, -0.05) is 24.3 Å². The minimum atomic E-state index is -0.499. The molecule has 1 spiro atoms. The van der Waals surface area contributed by atoms with Gasteiger partial charge in [-0.15, -0.1) is 0 Å². The largest absolute Gasteiger partial charge is 0.490 e. The van der Waals surface area contributed by atoms with Crippen molar-refractivity contribution in [2.24, 2.45) is 5.41 Å². The summed E-state index contributed by atoms with van der Waals surface area (Å²) in [6, 6.07) is 15.4. The second-order valence-electron chi connectivity index (χ2n) is 8.55. The Balaban J connectivity index is 1.32. The predicted molar refractivity (Wildman–Crippen MR) is 114 cm³/mol. The maximum atomic E-state index is 11.4. The molecular weight excluding hydrogens is 364 g/mol. The Hall–Kier alpha value is -2.63. The highest BCUT2D eigenvalue weighted by Gasteiger charge is 2.47. The van der Waals surface area contributed by atoms with Gasteiger partial charge in [0.05, 0.1) is 0 Å². The monoisotopic (exact) mass is 390 g/mol. The van der Waals surface area contributed by atoms with E-state index in [1.807, 2.05) is 36.4 Å². The summed E-state index contributed by atoms with van der Waals surface area (Å²) in [5.74, 6) is 0.771.